The van der Waals surface area contributed by atoms with E-state index in [2.05, 4.69) is 9.71 Å². The lowest BCUT2D eigenvalue weighted by molar-refractivity contribution is -0.117. The van der Waals surface area contributed by atoms with Crippen LogP contribution < -0.4 is 5.32 Å². The van der Waals surface area contributed by atoms with Crippen LogP contribution in [0.3, 0.4) is 0 Å². The van der Waals surface area contributed by atoms with Gasteiger partial charge in [-0.1, -0.05) is 12.1 Å². The third-order valence-corrected chi connectivity index (χ3v) is 4.62. The zero-order valence-electron chi connectivity index (χ0n) is 12.1. The van der Waals surface area contributed by atoms with E-state index in [1.165, 1.54) is 24.3 Å². The normalized spacial score (nSPS) is 18.7. The maximum atomic E-state index is 12.8. The Kier molecular flexibility index (Phi) is 3.99. The van der Waals surface area contributed by atoms with Crippen molar-refractivity contribution in [1.29, 1.82) is 0 Å². The number of rotatable bonds is 3. The standard InChI is InChI=1S/C15H14FN3O3S/c16-13-4-1-11(2-5-13)9-17-15(20)12-3-6-14-18-23(21,22)8-7-19(14)10-12/h1-6,10H,7-9H2,(H,17,20). The molecule has 0 radical (unpaired) electrons. The fraction of sp³-hybridized carbons (Fsp3) is 0.200. The van der Waals surface area contributed by atoms with Gasteiger partial charge in [0.05, 0.1) is 11.3 Å². The molecule has 0 fully saturated rings. The molecule has 1 N–H and O–H groups in total. The lowest BCUT2D eigenvalue weighted by atomic mass is 10.1. The number of halogens is 1. The molecule has 0 aromatic heterocycles. The fourth-order valence-electron chi connectivity index (χ4n) is 2.22. The lowest BCUT2D eigenvalue weighted by Crippen LogP contribution is -2.38. The van der Waals surface area contributed by atoms with Crippen molar-refractivity contribution in [3.05, 3.63) is 59.6 Å². The van der Waals surface area contributed by atoms with E-state index in [4.69, 9.17) is 0 Å². The highest BCUT2D eigenvalue weighted by atomic mass is 32.2. The van der Waals surface area contributed by atoms with Gasteiger partial charge in [0.1, 0.15) is 11.7 Å². The Bertz CT molecular complexity index is 826. The summed E-state index contributed by atoms with van der Waals surface area (Å²) in [6.07, 6.45) is 4.60. The molecule has 120 valence electrons. The van der Waals surface area contributed by atoms with Crippen LogP contribution in [0.4, 0.5) is 4.39 Å². The van der Waals surface area contributed by atoms with Gasteiger partial charge < -0.3 is 10.2 Å². The first-order valence-corrected chi connectivity index (χ1v) is 8.56. The van der Waals surface area contributed by atoms with Crippen molar-refractivity contribution in [2.75, 3.05) is 12.3 Å². The number of hydrogen-bond donors (Lipinski definition) is 1. The monoisotopic (exact) mass is 335 g/mol. The number of nitrogens with zero attached hydrogens (tertiary/aromatic N) is 2. The molecule has 2 aliphatic heterocycles. The Labute approximate surface area is 133 Å². The van der Waals surface area contributed by atoms with Crippen molar-refractivity contribution in [2.45, 2.75) is 6.54 Å². The minimum atomic E-state index is -3.41. The van der Waals surface area contributed by atoms with Crippen LogP contribution in [0.2, 0.25) is 0 Å². The molecule has 0 spiro atoms. The van der Waals surface area contributed by atoms with Gasteiger partial charge in [0, 0.05) is 19.3 Å². The summed E-state index contributed by atoms with van der Waals surface area (Å²) in [5.41, 5.74) is 1.19. The van der Waals surface area contributed by atoms with E-state index < -0.39 is 10.0 Å². The zero-order chi connectivity index (χ0) is 16.4. The number of fused-ring (bicyclic) bond motifs is 1. The van der Waals surface area contributed by atoms with Crippen LogP contribution in [0.25, 0.3) is 0 Å². The molecule has 0 aliphatic carbocycles. The van der Waals surface area contributed by atoms with Gasteiger partial charge in [0.2, 0.25) is 0 Å². The van der Waals surface area contributed by atoms with Crippen molar-refractivity contribution in [3.63, 3.8) is 0 Å². The first-order valence-electron chi connectivity index (χ1n) is 6.95. The van der Waals surface area contributed by atoms with Gasteiger partial charge in [-0.3, -0.25) is 4.79 Å². The summed E-state index contributed by atoms with van der Waals surface area (Å²) < 4.78 is 39.3. The number of amidine groups is 1. The number of hydrogen-bond acceptors (Lipinski definition) is 4. The molecule has 2 heterocycles. The summed E-state index contributed by atoms with van der Waals surface area (Å²) in [7, 11) is -3.41. The van der Waals surface area contributed by atoms with Crippen LogP contribution >= 0.6 is 0 Å². The van der Waals surface area contributed by atoms with E-state index in [0.717, 1.165) is 5.56 Å². The van der Waals surface area contributed by atoms with E-state index in [-0.39, 0.29) is 30.6 Å². The summed E-state index contributed by atoms with van der Waals surface area (Å²) in [5.74, 6) is -0.389. The molecular formula is C15H14FN3O3S. The molecule has 6 nitrogen and oxygen atoms in total. The van der Waals surface area contributed by atoms with E-state index in [0.29, 0.717) is 11.4 Å². The van der Waals surface area contributed by atoms with E-state index in [1.54, 1.807) is 23.2 Å². The Morgan fingerprint density at radius 1 is 1.26 bits per heavy atom. The average molecular weight is 335 g/mol. The van der Waals surface area contributed by atoms with Gasteiger partial charge in [-0.25, -0.2) is 12.8 Å². The van der Waals surface area contributed by atoms with Crippen molar-refractivity contribution in [1.82, 2.24) is 10.2 Å². The molecule has 23 heavy (non-hydrogen) atoms. The van der Waals surface area contributed by atoms with Crippen LogP contribution in [-0.2, 0) is 21.4 Å². The number of benzene rings is 1. The molecule has 0 saturated carbocycles. The predicted octanol–water partition coefficient (Wildman–Crippen LogP) is 0.939. The third-order valence-electron chi connectivity index (χ3n) is 3.45. The minimum absolute atomic E-state index is 0.0781. The van der Waals surface area contributed by atoms with E-state index in [1.807, 2.05) is 0 Å². The van der Waals surface area contributed by atoms with Crippen molar-refractivity contribution in [3.8, 4) is 0 Å². The third kappa shape index (κ3) is 3.65. The molecule has 0 atom stereocenters. The minimum Gasteiger partial charge on any atom is -0.348 e. The molecular weight excluding hydrogens is 321 g/mol. The summed E-state index contributed by atoms with van der Waals surface area (Å²) in [5, 5.41) is 2.73. The topological polar surface area (TPSA) is 78.8 Å². The molecule has 2 aliphatic rings. The number of nitrogens with one attached hydrogen (secondary N) is 1. The molecule has 1 aromatic rings. The molecule has 0 bridgehead atoms. The van der Waals surface area contributed by atoms with Gasteiger partial charge in [-0.15, -0.1) is 4.40 Å². The number of sulfonamides is 1. The molecule has 1 amide bonds. The van der Waals surface area contributed by atoms with E-state index >= 15 is 0 Å². The van der Waals surface area contributed by atoms with Crippen LogP contribution in [0, 0.1) is 5.82 Å². The maximum Gasteiger partial charge on any atom is 0.256 e. The summed E-state index contributed by atoms with van der Waals surface area (Å²) >= 11 is 0. The first kappa shape index (κ1) is 15.4. The molecule has 8 heteroatoms. The molecule has 0 unspecified atom stereocenters. The second-order valence-electron chi connectivity index (χ2n) is 5.16. The summed E-state index contributed by atoms with van der Waals surface area (Å²) in [6.45, 7) is 0.542. The smallest absolute Gasteiger partial charge is 0.256 e. The molecule has 0 saturated heterocycles. The van der Waals surface area contributed by atoms with Gasteiger partial charge in [-0.2, -0.15) is 0 Å². The lowest BCUT2D eigenvalue weighted by Gasteiger charge is -2.26. The van der Waals surface area contributed by atoms with Crippen LogP contribution in [0.5, 0.6) is 0 Å². The van der Waals surface area contributed by atoms with Crippen LogP contribution in [-0.4, -0.2) is 37.4 Å². The highest BCUT2D eigenvalue weighted by molar-refractivity contribution is 7.90. The Hall–Kier alpha value is -2.48. The van der Waals surface area contributed by atoms with Gasteiger partial charge >= 0.3 is 0 Å². The largest absolute Gasteiger partial charge is 0.348 e. The van der Waals surface area contributed by atoms with Gasteiger partial charge in [-0.05, 0) is 29.8 Å². The Morgan fingerprint density at radius 2 is 2.00 bits per heavy atom. The second-order valence-corrected chi connectivity index (χ2v) is 6.91. The number of amides is 1. The second kappa shape index (κ2) is 5.96. The molecule has 3 rings (SSSR count). The average Bonchev–Trinajstić information content (AvgIpc) is 2.53. The van der Waals surface area contributed by atoms with Gasteiger partial charge in [0.25, 0.3) is 15.9 Å². The first-order chi connectivity index (χ1) is 10.9. The predicted molar refractivity (Wildman–Crippen MR) is 83.4 cm³/mol. The molecule has 1 aromatic carbocycles. The summed E-state index contributed by atoms with van der Waals surface area (Å²) in [6, 6.07) is 5.86. The quantitative estimate of drug-likeness (QED) is 0.892. The van der Waals surface area contributed by atoms with Crippen LogP contribution in [0.15, 0.2) is 52.6 Å². The van der Waals surface area contributed by atoms with E-state index in [9.17, 15) is 17.6 Å². The highest BCUT2D eigenvalue weighted by Crippen LogP contribution is 2.16. The van der Waals surface area contributed by atoms with Crippen LogP contribution in [0.1, 0.15) is 5.56 Å². The Balaban J connectivity index is 1.66. The highest BCUT2D eigenvalue weighted by Gasteiger charge is 2.24. The maximum absolute atomic E-state index is 12.8. The number of carbonyl (C=O) groups excluding carboxylic acids is 1. The van der Waals surface area contributed by atoms with Gasteiger partial charge in [0.15, 0.2) is 0 Å². The number of carbonyl (C=O) groups is 1. The van der Waals surface area contributed by atoms with Crippen molar-refractivity contribution >= 4 is 21.8 Å². The van der Waals surface area contributed by atoms with Crippen molar-refractivity contribution < 1.29 is 17.6 Å². The van der Waals surface area contributed by atoms with Crippen molar-refractivity contribution in [2.24, 2.45) is 4.40 Å². The summed E-state index contributed by atoms with van der Waals surface area (Å²) in [4.78, 5) is 13.8. The SMILES string of the molecule is O=C(NCc1ccc(F)cc1)C1=CN2CCS(=O)(=O)N=C2C=C1. The fourth-order valence-corrected chi connectivity index (χ4v) is 3.19. The Morgan fingerprint density at radius 3 is 2.74 bits per heavy atom. The zero-order valence-corrected chi connectivity index (χ0v) is 12.9.